The van der Waals surface area contributed by atoms with Gasteiger partial charge in [-0.25, -0.2) is 0 Å². The predicted octanol–water partition coefficient (Wildman–Crippen LogP) is 1.73. The van der Waals surface area contributed by atoms with Crippen LogP contribution in [0, 0.1) is 5.41 Å². The van der Waals surface area contributed by atoms with Crippen molar-refractivity contribution in [3.05, 3.63) is 0 Å². The van der Waals surface area contributed by atoms with Crippen LogP contribution in [0.1, 0.15) is 40.5 Å². The summed E-state index contributed by atoms with van der Waals surface area (Å²) < 4.78 is 10.6. The van der Waals surface area contributed by atoms with Gasteiger partial charge in [0, 0.05) is 18.1 Å². The van der Waals surface area contributed by atoms with Crippen molar-refractivity contribution < 1.29 is 14.3 Å². The van der Waals surface area contributed by atoms with Gasteiger partial charge in [0.25, 0.3) is 0 Å². The molecule has 4 heteroatoms. The Morgan fingerprint density at radius 1 is 1.35 bits per heavy atom. The lowest BCUT2D eigenvalue weighted by atomic mass is 9.61. The van der Waals surface area contributed by atoms with E-state index in [0.717, 1.165) is 19.4 Å². The van der Waals surface area contributed by atoms with Crippen LogP contribution >= 0.6 is 0 Å². The molecule has 0 aromatic heterocycles. The van der Waals surface area contributed by atoms with E-state index in [9.17, 15) is 4.79 Å². The van der Waals surface area contributed by atoms with Gasteiger partial charge in [0.1, 0.15) is 0 Å². The van der Waals surface area contributed by atoms with Crippen molar-refractivity contribution in [1.82, 2.24) is 5.32 Å². The van der Waals surface area contributed by atoms with Crippen molar-refractivity contribution >= 4 is 5.97 Å². The normalized spacial score (nSPS) is 32.0. The second-order valence-corrected chi connectivity index (χ2v) is 4.78. The van der Waals surface area contributed by atoms with Gasteiger partial charge in [0.2, 0.25) is 0 Å². The highest BCUT2D eigenvalue weighted by Crippen LogP contribution is 2.45. The summed E-state index contributed by atoms with van der Waals surface area (Å²) in [5.41, 5.74) is 0.141. The van der Waals surface area contributed by atoms with Gasteiger partial charge in [0.05, 0.1) is 19.3 Å². The number of hydrogen-bond donors (Lipinski definition) is 1. The molecule has 1 saturated carbocycles. The molecule has 0 radical (unpaired) electrons. The lowest BCUT2D eigenvalue weighted by molar-refractivity contribution is -0.146. The van der Waals surface area contributed by atoms with Crippen molar-refractivity contribution in [2.24, 2.45) is 5.41 Å². The average Bonchev–Trinajstić information content (AvgIpc) is 2.32. The maximum Gasteiger partial charge on any atom is 0.319 e. The summed E-state index contributed by atoms with van der Waals surface area (Å²) in [6, 6.07) is 0.355. The van der Waals surface area contributed by atoms with Crippen LogP contribution in [0.15, 0.2) is 0 Å². The third-order valence-electron chi connectivity index (χ3n) is 3.91. The Morgan fingerprint density at radius 2 is 2.06 bits per heavy atom. The number of carbonyl (C=O) groups is 1. The third kappa shape index (κ3) is 3.19. The minimum Gasteiger partial charge on any atom is -0.465 e. The van der Waals surface area contributed by atoms with Crippen molar-refractivity contribution in [2.45, 2.75) is 52.7 Å². The van der Waals surface area contributed by atoms with E-state index in [4.69, 9.17) is 9.47 Å². The fourth-order valence-corrected chi connectivity index (χ4v) is 2.49. The number of carbonyl (C=O) groups excluding carboxylic acids is 1. The van der Waals surface area contributed by atoms with Crippen molar-refractivity contribution in [1.29, 1.82) is 0 Å². The van der Waals surface area contributed by atoms with E-state index < -0.39 is 0 Å². The topological polar surface area (TPSA) is 47.6 Å². The molecule has 1 aliphatic carbocycles. The van der Waals surface area contributed by atoms with Crippen LogP contribution in [0.5, 0.6) is 0 Å². The Kier molecular flexibility index (Phi) is 5.40. The molecule has 1 aliphatic rings. The van der Waals surface area contributed by atoms with Gasteiger partial charge in [0.15, 0.2) is 0 Å². The number of rotatable bonds is 7. The molecule has 1 N–H and O–H groups in total. The van der Waals surface area contributed by atoms with Gasteiger partial charge in [-0.05, 0) is 26.7 Å². The minimum absolute atomic E-state index is 0.141. The van der Waals surface area contributed by atoms with Crippen molar-refractivity contribution in [3.63, 3.8) is 0 Å². The van der Waals surface area contributed by atoms with E-state index in [-0.39, 0.29) is 11.4 Å². The Hall–Kier alpha value is -0.610. The fraction of sp³-hybridized carbons (Fsp3) is 0.923. The summed E-state index contributed by atoms with van der Waals surface area (Å²) in [5.74, 6) is -0.175. The zero-order valence-electron chi connectivity index (χ0n) is 11.4. The molecule has 0 spiro atoms. The zero-order chi connectivity index (χ0) is 12.9. The first-order valence-corrected chi connectivity index (χ1v) is 6.59. The molecule has 3 unspecified atom stereocenters. The van der Waals surface area contributed by atoms with E-state index in [1.807, 2.05) is 13.8 Å². The minimum atomic E-state index is -0.175. The highest BCUT2D eigenvalue weighted by molar-refractivity contribution is 5.71. The number of esters is 1. The molecule has 0 saturated heterocycles. The monoisotopic (exact) mass is 243 g/mol. The van der Waals surface area contributed by atoms with Gasteiger partial charge in [-0.2, -0.15) is 0 Å². The second-order valence-electron chi connectivity index (χ2n) is 4.78. The van der Waals surface area contributed by atoms with Crippen molar-refractivity contribution in [3.8, 4) is 0 Å². The summed E-state index contributed by atoms with van der Waals surface area (Å²) in [6.45, 7) is 9.73. The molecule has 100 valence electrons. The van der Waals surface area contributed by atoms with Crippen LogP contribution in [0.25, 0.3) is 0 Å². The molecule has 4 nitrogen and oxygen atoms in total. The zero-order valence-corrected chi connectivity index (χ0v) is 11.4. The molecule has 0 aliphatic heterocycles. The van der Waals surface area contributed by atoms with Crippen LogP contribution in [0.3, 0.4) is 0 Å². The van der Waals surface area contributed by atoms with E-state index in [1.54, 1.807) is 0 Å². The largest absolute Gasteiger partial charge is 0.465 e. The van der Waals surface area contributed by atoms with E-state index >= 15 is 0 Å². The summed E-state index contributed by atoms with van der Waals surface area (Å²) >= 11 is 0. The van der Waals surface area contributed by atoms with Crippen LogP contribution in [0.4, 0.5) is 0 Å². The van der Waals surface area contributed by atoms with Crippen LogP contribution in [-0.2, 0) is 14.3 Å². The lowest BCUT2D eigenvalue weighted by Gasteiger charge is -2.53. The molecule has 0 aromatic carbocycles. The third-order valence-corrected chi connectivity index (χ3v) is 3.91. The SMILES string of the molecule is CCOC(=O)CNC1CC(OCC)C1(C)CC. The first-order valence-electron chi connectivity index (χ1n) is 6.59. The summed E-state index contributed by atoms with van der Waals surface area (Å²) in [4.78, 5) is 11.3. The number of hydrogen-bond acceptors (Lipinski definition) is 4. The predicted molar refractivity (Wildman–Crippen MR) is 66.9 cm³/mol. The maximum absolute atomic E-state index is 11.3. The van der Waals surface area contributed by atoms with Gasteiger partial charge >= 0.3 is 5.97 Å². The Balaban J connectivity index is 2.38. The molecule has 0 bridgehead atoms. The van der Waals surface area contributed by atoms with Gasteiger partial charge in [-0.1, -0.05) is 13.8 Å². The number of ether oxygens (including phenoxy) is 2. The van der Waals surface area contributed by atoms with Crippen LogP contribution < -0.4 is 5.32 Å². The first kappa shape index (κ1) is 14.5. The molecule has 3 atom stereocenters. The Morgan fingerprint density at radius 3 is 2.59 bits per heavy atom. The van der Waals surface area contributed by atoms with E-state index in [2.05, 4.69) is 19.2 Å². The fourth-order valence-electron chi connectivity index (χ4n) is 2.49. The maximum atomic E-state index is 11.3. The standard InChI is InChI=1S/C13H25NO3/c1-5-13(4)10(8-11(13)16-6-2)14-9-12(15)17-7-3/h10-11,14H,5-9H2,1-4H3. The smallest absolute Gasteiger partial charge is 0.319 e. The van der Waals surface area contributed by atoms with E-state index in [1.165, 1.54) is 0 Å². The molecule has 0 aromatic rings. The van der Waals surface area contributed by atoms with Gasteiger partial charge in [-0.3, -0.25) is 4.79 Å². The molecular formula is C13H25NO3. The molecule has 17 heavy (non-hydrogen) atoms. The highest BCUT2D eigenvalue weighted by atomic mass is 16.5. The molecule has 1 rings (SSSR count). The van der Waals surface area contributed by atoms with Crippen LogP contribution in [0.2, 0.25) is 0 Å². The average molecular weight is 243 g/mol. The Bertz CT molecular complexity index is 257. The summed E-state index contributed by atoms with van der Waals surface area (Å²) in [5, 5.41) is 3.28. The molecular weight excluding hydrogens is 218 g/mol. The Labute approximate surface area is 104 Å². The molecule has 0 amide bonds. The van der Waals surface area contributed by atoms with Gasteiger partial charge < -0.3 is 14.8 Å². The second kappa shape index (κ2) is 6.36. The molecule has 1 fully saturated rings. The lowest BCUT2D eigenvalue weighted by Crippen LogP contribution is -2.62. The summed E-state index contributed by atoms with van der Waals surface area (Å²) in [7, 11) is 0. The van der Waals surface area contributed by atoms with Crippen molar-refractivity contribution in [2.75, 3.05) is 19.8 Å². The van der Waals surface area contributed by atoms with Gasteiger partial charge in [-0.15, -0.1) is 0 Å². The highest BCUT2D eigenvalue weighted by Gasteiger charge is 2.50. The van der Waals surface area contributed by atoms with E-state index in [0.29, 0.717) is 25.3 Å². The van der Waals surface area contributed by atoms with Crippen LogP contribution in [-0.4, -0.2) is 37.9 Å². The molecule has 0 heterocycles. The number of nitrogens with one attached hydrogen (secondary N) is 1. The first-order chi connectivity index (χ1) is 8.08. The quantitative estimate of drug-likeness (QED) is 0.692. The summed E-state index contributed by atoms with van der Waals surface area (Å²) in [6.07, 6.45) is 2.35.